The summed E-state index contributed by atoms with van der Waals surface area (Å²) >= 11 is 0. The molecule has 0 amide bonds. The van der Waals surface area contributed by atoms with Gasteiger partial charge in [-0.25, -0.2) is 4.98 Å². The van der Waals surface area contributed by atoms with Gasteiger partial charge in [-0.3, -0.25) is 9.38 Å². The van der Waals surface area contributed by atoms with E-state index < -0.39 is 0 Å². The molecule has 3 heterocycles. The number of fused-ring (bicyclic) bond motifs is 8. The van der Waals surface area contributed by atoms with E-state index in [1.165, 1.54) is 11.1 Å². The van der Waals surface area contributed by atoms with Crippen LogP contribution in [0.1, 0.15) is 0 Å². The molecule has 6 rings (SSSR count). The van der Waals surface area contributed by atoms with Crippen molar-refractivity contribution in [2.75, 3.05) is 0 Å². The summed E-state index contributed by atoms with van der Waals surface area (Å²) in [6, 6.07) is 29.5. The highest BCUT2D eigenvalue weighted by Crippen LogP contribution is 2.33. The third-order valence-corrected chi connectivity index (χ3v) is 5.21. The van der Waals surface area contributed by atoms with Crippen molar-refractivity contribution >= 4 is 38.5 Å². The summed E-state index contributed by atoms with van der Waals surface area (Å²) in [7, 11) is 0. The number of para-hydroxylation sites is 2. The lowest BCUT2D eigenvalue weighted by Crippen LogP contribution is -1.93. The van der Waals surface area contributed by atoms with Gasteiger partial charge >= 0.3 is 0 Å². The minimum Gasteiger partial charge on any atom is -0.292 e. The predicted octanol–water partition coefficient (Wildman–Crippen LogP) is 5.86. The molecule has 0 radical (unpaired) electrons. The fourth-order valence-corrected chi connectivity index (χ4v) is 3.98. The molecule has 3 aromatic heterocycles. The summed E-state index contributed by atoms with van der Waals surface area (Å²) in [5.74, 6) is 0. The zero-order valence-electron chi connectivity index (χ0n) is 14.5. The second-order valence-corrected chi connectivity index (χ2v) is 6.76. The average molecular weight is 345 g/mol. The van der Waals surface area contributed by atoms with Gasteiger partial charge in [0.1, 0.15) is 5.65 Å². The van der Waals surface area contributed by atoms with Crippen molar-refractivity contribution < 1.29 is 0 Å². The van der Waals surface area contributed by atoms with Gasteiger partial charge in [0, 0.05) is 17.0 Å². The summed E-state index contributed by atoms with van der Waals surface area (Å²) in [5.41, 5.74) is 7.60. The van der Waals surface area contributed by atoms with Gasteiger partial charge in [-0.1, -0.05) is 48.5 Å². The van der Waals surface area contributed by atoms with Crippen molar-refractivity contribution in [2.24, 2.45) is 0 Å². The van der Waals surface area contributed by atoms with Crippen LogP contribution in [0.2, 0.25) is 0 Å². The zero-order valence-corrected chi connectivity index (χ0v) is 14.5. The number of rotatable bonds is 1. The van der Waals surface area contributed by atoms with Crippen LogP contribution in [-0.2, 0) is 0 Å². The third-order valence-electron chi connectivity index (χ3n) is 5.21. The first kappa shape index (κ1) is 14.4. The van der Waals surface area contributed by atoms with Crippen LogP contribution in [0, 0.1) is 0 Å². The maximum absolute atomic E-state index is 4.90. The van der Waals surface area contributed by atoms with Gasteiger partial charge in [0.15, 0.2) is 0 Å². The number of aromatic nitrogens is 3. The average Bonchev–Trinajstić information content (AvgIpc) is 3.14. The Balaban J connectivity index is 1.85. The molecule has 0 bridgehead atoms. The Labute approximate surface area is 155 Å². The first-order valence-electron chi connectivity index (χ1n) is 9.03. The maximum atomic E-state index is 4.90. The molecule has 6 aromatic rings. The molecule has 0 spiro atoms. The highest BCUT2D eigenvalue weighted by molar-refractivity contribution is 6.12. The molecular weight excluding hydrogens is 330 g/mol. The van der Waals surface area contributed by atoms with Crippen LogP contribution in [0.5, 0.6) is 0 Å². The molecule has 3 heteroatoms. The van der Waals surface area contributed by atoms with Crippen LogP contribution in [0.4, 0.5) is 0 Å². The van der Waals surface area contributed by atoms with Gasteiger partial charge in [0.05, 0.1) is 22.1 Å². The lowest BCUT2D eigenvalue weighted by Gasteiger charge is -2.10. The predicted molar refractivity (Wildman–Crippen MR) is 111 cm³/mol. The summed E-state index contributed by atoms with van der Waals surface area (Å²) in [6.45, 7) is 0. The number of hydrogen-bond acceptors (Lipinski definition) is 2. The van der Waals surface area contributed by atoms with Crippen molar-refractivity contribution in [3.8, 4) is 11.1 Å². The van der Waals surface area contributed by atoms with Crippen molar-refractivity contribution in [2.45, 2.75) is 0 Å². The van der Waals surface area contributed by atoms with Crippen molar-refractivity contribution in [3.63, 3.8) is 0 Å². The normalized spacial score (nSPS) is 11.7. The first-order chi connectivity index (χ1) is 13.4. The van der Waals surface area contributed by atoms with E-state index in [0.717, 1.165) is 38.5 Å². The molecule has 3 nitrogen and oxygen atoms in total. The Morgan fingerprint density at radius 3 is 2.41 bits per heavy atom. The molecular formula is C24H15N3. The monoisotopic (exact) mass is 345 g/mol. The Kier molecular flexibility index (Phi) is 2.88. The molecule has 27 heavy (non-hydrogen) atoms. The molecule has 0 saturated heterocycles. The summed E-state index contributed by atoms with van der Waals surface area (Å²) in [5, 5.41) is 2.22. The number of pyridine rings is 2. The summed E-state index contributed by atoms with van der Waals surface area (Å²) in [6.07, 6.45) is 1.86. The minimum atomic E-state index is 0.958. The van der Waals surface area contributed by atoms with Crippen LogP contribution >= 0.6 is 0 Å². The SMILES string of the molecule is c1ccc(-c2ccc3c(c2)c2ncccc2c2nc4ccccc4n32)cc1. The zero-order chi connectivity index (χ0) is 17.8. The number of hydrogen-bond donors (Lipinski definition) is 0. The van der Waals surface area contributed by atoms with Crippen molar-refractivity contribution in [1.29, 1.82) is 0 Å². The highest BCUT2D eigenvalue weighted by Gasteiger charge is 2.14. The standard InChI is InChI=1S/C24H15N3/c1-2-7-16(8-3-1)17-12-13-21-19(15-17)23-18(9-6-14-25-23)24-26-20-10-4-5-11-22(20)27(21)24/h1-15H. The van der Waals surface area contributed by atoms with Gasteiger partial charge in [-0.15, -0.1) is 0 Å². The molecule has 0 N–H and O–H groups in total. The molecule has 0 aliphatic rings. The topological polar surface area (TPSA) is 30.2 Å². The number of nitrogens with zero attached hydrogens (tertiary/aromatic N) is 3. The molecule has 126 valence electrons. The van der Waals surface area contributed by atoms with Gasteiger partial charge in [-0.2, -0.15) is 0 Å². The largest absolute Gasteiger partial charge is 0.292 e. The van der Waals surface area contributed by atoms with Gasteiger partial charge < -0.3 is 0 Å². The lowest BCUT2D eigenvalue weighted by molar-refractivity contribution is 1.30. The van der Waals surface area contributed by atoms with E-state index in [2.05, 4.69) is 71.1 Å². The van der Waals surface area contributed by atoms with Gasteiger partial charge in [0.25, 0.3) is 0 Å². The van der Waals surface area contributed by atoms with E-state index >= 15 is 0 Å². The summed E-state index contributed by atoms with van der Waals surface area (Å²) < 4.78 is 2.25. The van der Waals surface area contributed by atoms with Crippen LogP contribution in [0.3, 0.4) is 0 Å². The second-order valence-electron chi connectivity index (χ2n) is 6.76. The van der Waals surface area contributed by atoms with Crippen LogP contribution in [-0.4, -0.2) is 14.4 Å². The maximum Gasteiger partial charge on any atom is 0.147 e. The van der Waals surface area contributed by atoms with E-state index in [1.54, 1.807) is 0 Å². The fourth-order valence-electron chi connectivity index (χ4n) is 3.98. The molecule has 0 aliphatic heterocycles. The smallest absolute Gasteiger partial charge is 0.147 e. The second kappa shape index (κ2) is 5.39. The van der Waals surface area contributed by atoms with E-state index in [4.69, 9.17) is 9.97 Å². The van der Waals surface area contributed by atoms with Crippen LogP contribution < -0.4 is 0 Å². The highest BCUT2D eigenvalue weighted by atomic mass is 15.0. The van der Waals surface area contributed by atoms with E-state index in [9.17, 15) is 0 Å². The molecule has 0 fully saturated rings. The third kappa shape index (κ3) is 2.02. The van der Waals surface area contributed by atoms with Gasteiger partial charge in [-0.05, 0) is 47.5 Å². The Morgan fingerprint density at radius 1 is 0.630 bits per heavy atom. The molecule has 0 atom stereocenters. The van der Waals surface area contributed by atoms with Crippen molar-refractivity contribution in [1.82, 2.24) is 14.4 Å². The Hall–Kier alpha value is -3.72. The van der Waals surface area contributed by atoms with Crippen LogP contribution in [0.25, 0.3) is 49.6 Å². The minimum absolute atomic E-state index is 0.958. The number of benzene rings is 3. The van der Waals surface area contributed by atoms with E-state index in [-0.39, 0.29) is 0 Å². The lowest BCUT2D eigenvalue weighted by atomic mass is 10.0. The Morgan fingerprint density at radius 2 is 1.48 bits per heavy atom. The molecule has 0 unspecified atom stereocenters. The van der Waals surface area contributed by atoms with E-state index in [0.29, 0.717) is 0 Å². The molecule has 0 aliphatic carbocycles. The van der Waals surface area contributed by atoms with Crippen LogP contribution in [0.15, 0.2) is 91.1 Å². The number of imidazole rings is 1. The van der Waals surface area contributed by atoms with E-state index in [1.807, 2.05) is 24.4 Å². The molecule has 3 aromatic carbocycles. The quantitative estimate of drug-likeness (QED) is 0.350. The van der Waals surface area contributed by atoms with Gasteiger partial charge in [0.2, 0.25) is 0 Å². The Bertz CT molecular complexity index is 1460. The fraction of sp³-hybridized carbons (Fsp3) is 0. The summed E-state index contributed by atoms with van der Waals surface area (Å²) in [4.78, 5) is 9.61. The van der Waals surface area contributed by atoms with Crippen molar-refractivity contribution in [3.05, 3.63) is 91.1 Å². The first-order valence-corrected chi connectivity index (χ1v) is 9.03. The molecule has 0 saturated carbocycles.